The average molecular weight is 314 g/mol. The third kappa shape index (κ3) is 4.12. The first-order valence-electron chi connectivity index (χ1n) is 7.44. The number of benzene rings is 1. The second-order valence-electron chi connectivity index (χ2n) is 5.46. The summed E-state index contributed by atoms with van der Waals surface area (Å²) in [4.78, 5) is 22.6. The van der Waals surface area contributed by atoms with Crippen LogP contribution in [-0.4, -0.2) is 10.8 Å². The summed E-state index contributed by atoms with van der Waals surface area (Å²) in [6, 6.07) is 8.45. The van der Waals surface area contributed by atoms with E-state index in [1.165, 1.54) is 12.1 Å². The van der Waals surface area contributed by atoms with Crippen LogP contribution in [0, 0.1) is 24.0 Å². The van der Waals surface area contributed by atoms with Crippen LogP contribution in [0.15, 0.2) is 36.5 Å². The molecule has 2 aromatic rings. The zero-order valence-electron chi connectivity index (χ0n) is 13.5. The highest BCUT2D eigenvalue weighted by molar-refractivity contribution is 5.90. The van der Waals surface area contributed by atoms with Gasteiger partial charge in [0.25, 0.3) is 11.6 Å². The largest absolute Gasteiger partial charge is 0.320 e. The Morgan fingerprint density at radius 1 is 1.26 bits per heavy atom. The number of nitrogens with zero attached hydrogens (tertiary/aromatic N) is 2. The van der Waals surface area contributed by atoms with Crippen molar-refractivity contribution in [2.24, 2.45) is 0 Å². The topological polar surface area (TPSA) is 76.1 Å². The molecule has 0 aliphatic carbocycles. The average Bonchev–Trinajstić information content (AvgIpc) is 2.51. The lowest BCUT2D eigenvalue weighted by Gasteiger charge is -2.08. The summed E-state index contributed by atoms with van der Waals surface area (Å²) in [5.41, 5.74) is 3.34. The van der Waals surface area contributed by atoms with E-state index in [2.05, 4.69) is 12.2 Å². The summed E-state index contributed by atoms with van der Waals surface area (Å²) >= 11 is 0. The normalized spacial score (nSPS) is 10.4. The molecule has 0 radical (unpaired) electrons. The number of anilines is 1. The standard InChI is InChI=1S/C17H19N3O3/c1-4-14-7-6-13(3)19(10-14)11-17(21)18-16-9-15(20(22)23)8-5-12(16)2/h5-10H,4,11H2,1-3H3/p+1. The third-order valence-electron chi connectivity index (χ3n) is 3.74. The molecule has 6 heteroatoms. The molecule has 1 heterocycles. The maximum absolute atomic E-state index is 12.3. The Morgan fingerprint density at radius 3 is 2.65 bits per heavy atom. The third-order valence-corrected chi connectivity index (χ3v) is 3.74. The molecule has 0 bridgehead atoms. The van der Waals surface area contributed by atoms with E-state index in [9.17, 15) is 14.9 Å². The summed E-state index contributed by atoms with van der Waals surface area (Å²) in [5.74, 6) is -0.213. The molecule has 1 amide bonds. The van der Waals surface area contributed by atoms with Gasteiger partial charge < -0.3 is 5.32 Å². The van der Waals surface area contributed by atoms with Gasteiger partial charge in [-0.1, -0.05) is 13.0 Å². The molecule has 0 fully saturated rings. The van der Waals surface area contributed by atoms with E-state index < -0.39 is 4.92 Å². The number of rotatable bonds is 5. The van der Waals surface area contributed by atoms with Crippen molar-refractivity contribution in [3.8, 4) is 0 Å². The van der Waals surface area contributed by atoms with Crippen LogP contribution in [-0.2, 0) is 17.8 Å². The molecular formula is C17H20N3O3+. The van der Waals surface area contributed by atoms with Gasteiger partial charge in [0.15, 0.2) is 11.9 Å². The number of non-ortho nitro benzene ring substituents is 1. The van der Waals surface area contributed by atoms with Crippen molar-refractivity contribution in [2.45, 2.75) is 33.7 Å². The van der Waals surface area contributed by atoms with E-state index in [-0.39, 0.29) is 18.1 Å². The summed E-state index contributed by atoms with van der Waals surface area (Å²) < 4.78 is 1.88. The van der Waals surface area contributed by atoms with Gasteiger partial charge in [0, 0.05) is 30.7 Å². The highest BCUT2D eigenvalue weighted by Gasteiger charge is 2.16. The molecule has 0 aliphatic heterocycles. The minimum Gasteiger partial charge on any atom is -0.320 e. The lowest BCUT2D eigenvalue weighted by molar-refractivity contribution is -0.690. The van der Waals surface area contributed by atoms with Crippen LogP contribution in [0.3, 0.4) is 0 Å². The lowest BCUT2D eigenvalue weighted by atomic mass is 10.2. The molecule has 6 nitrogen and oxygen atoms in total. The fourth-order valence-corrected chi connectivity index (χ4v) is 2.25. The quantitative estimate of drug-likeness (QED) is 0.524. The summed E-state index contributed by atoms with van der Waals surface area (Å²) in [5, 5.41) is 13.6. The number of pyridine rings is 1. The Labute approximate surface area is 134 Å². The van der Waals surface area contributed by atoms with E-state index >= 15 is 0 Å². The minimum atomic E-state index is -0.473. The Kier molecular flexibility index (Phi) is 5.05. The molecule has 1 aromatic carbocycles. The molecule has 0 saturated carbocycles. The SMILES string of the molecule is CCc1ccc(C)[n+](CC(=O)Nc2cc([N+](=O)[O-])ccc2C)c1. The molecule has 0 atom stereocenters. The van der Waals surface area contributed by atoms with E-state index in [1.807, 2.05) is 29.8 Å². The lowest BCUT2D eigenvalue weighted by Crippen LogP contribution is -2.43. The van der Waals surface area contributed by atoms with Crippen molar-refractivity contribution in [3.05, 3.63) is 63.5 Å². The molecule has 0 aliphatic rings. The van der Waals surface area contributed by atoms with Gasteiger partial charge >= 0.3 is 0 Å². The van der Waals surface area contributed by atoms with E-state index in [0.717, 1.165) is 23.2 Å². The van der Waals surface area contributed by atoms with Crippen molar-refractivity contribution in [2.75, 3.05) is 5.32 Å². The van der Waals surface area contributed by atoms with Gasteiger partial charge in [0.1, 0.15) is 0 Å². The first-order valence-corrected chi connectivity index (χ1v) is 7.44. The van der Waals surface area contributed by atoms with Crippen LogP contribution in [0.1, 0.15) is 23.7 Å². The molecule has 0 saturated heterocycles. The van der Waals surface area contributed by atoms with Crippen LogP contribution in [0.5, 0.6) is 0 Å². The van der Waals surface area contributed by atoms with Crippen molar-refractivity contribution >= 4 is 17.3 Å². The van der Waals surface area contributed by atoms with E-state index in [4.69, 9.17) is 0 Å². The van der Waals surface area contributed by atoms with Crippen molar-refractivity contribution in [1.29, 1.82) is 0 Å². The maximum Gasteiger partial charge on any atom is 0.290 e. The molecule has 1 N–H and O–H groups in total. The molecule has 0 unspecified atom stereocenters. The molecule has 0 spiro atoms. The Morgan fingerprint density at radius 2 is 2.00 bits per heavy atom. The predicted octanol–water partition coefficient (Wildman–Crippen LogP) is 2.70. The van der Waals surface area contributed by atoms with Gasteiger partial charge in [-0.3, -0.25) is 14.9 Å². The van der Waals surface area contributed by atoms with Gasteiger partial charge in [-0.05, 0) is 25.0 Å². The van der Waals surface area contributed by atoms with Gasteiger partial charge in [-0.25, -0.2) is 0 Å². The molecule has 120 valence electrons. The van der Waals surface area contributed by atoms with Gasteiger partial charge in [-0.15, -0.1) is 0 Å². The van der Waals surface area contributed by atoms with Crippen LogP contribution >= 0.6 is 0 Å². The highest BCUT2D eigenvalue weighted by Crippen LogP contribution is 2.21. The van der Waals surface area contributed by atoms with Crippen molar-refractivity contribution in [3.63, 3.8) is 0 Å². The number of hydrogen-bond acceptors (Lipinski definition) is 3. The van der Waals surface area contributed by atoms with Gasteiger partial charge in [0.05, 0.1) is 10.6 Å². The van der Waals surface area contributed by atoms with Crippen LogP contribution in [0.2, 0.25) is 0 Å². The monoisotopic (exact) mass is 314 g/mol. The molecule has 2 rings (SSSR count). The summed E-state index contributed by atoms with van der Waals surface area (Å²) in [7, 11) is 0. The second kappa shape index (κ2) is 7.00. The first-order chi connectivity index (χ1) is 10.9. The van der Waals surface area contributed by atoms with Gasteiger partial charge in [0.2, 0.25) is 6.54 Å². The molecule has 23 heavy (non-hydrogen) atoms. The van der Waals surface area contributed by atoms with E-state index in [1.54, 1.807) is 13.0 Å². The molecular weight excluding hydrogens is 294 g/mol. The number of nitro groups is 1. The summed E-state index contributed by atoms with van der Waals surface area (Å²) in [6.45, 7) is 5.96. The number of amides is 1. The Hall–Kier alpha value is -2.76. The van der Waals surface area contributed by atoms with Crippen LogP contribution in [0.25, 0.3) is 0 Å². The zero-order chi connectivity index (χ0) is 17.0. The Bertz CT molecular complexity index is 757. The number of carbonyl (C=O) groups is 1. The van der Waals surface area contributed by atoms with Gasteiger partial charge in [-0.2, -0.15) is 4.57 Å². The summed E-state index contributed by atoms with van der Waals surface area (Å²) in [6.07, 6.45) is 2.85. The van der Waals surface area contributed by atoms with Crippen molar-refractivity contribution in [1.82, 2.24) is 0 Å². The number of hydrogen-bond donors (Lipinski definition) is 1. The number of nitro benzene ring substituents is 1. The highest BCUT2D eigenvalue weighted by atomic mass is 16.6. The number of aromatic nitrogens is 1. The molecule has 1 aromatic heterocycles. The van der Waals surface area contributed by atoms with Crippen LogP contribution in [0.4, 0.5) is 11.4 Å². The minimum absolute atomic E-state index is 0.0392. The maximum atomic E-state index is 12.3. The predicted molar refractivity (Wildman–Crippen MR) is 87.2 cm³/mol. The number of nitrogens with one attached hydrogen (secondary N) is 1. The zero-order valence-corrected chi connectivity index (χ0v) is 13.5. The smallest absolute Gasteiger partial charge is 0.290 e. The van der Waals surface area contributed by atoms with E-state index in [0.29, 0.717) is 5.69 Å². The fourth-order valence-electron chi connectivity index (χ4n) is 2.25. The second-order valence-corrected chi connectivity index (χ2v) is 5.46. The van der Waals surface area contributed by atoms with Crippen molar-refractivity contribution < 1.29 is 14.3 Å². The fraction of sp³-hybridized carbons (Fsp3) is 0.294. The Balaban J connectivity index is 2.17. The number of carbonyl (C=O) groups excluding carboxylic acids is 1. The number of aryl methyl sites for hydroxylation is 3. The van der Waals surface area contributed by atoms with Crippen LogP contribution < -0.4 is 9.88 Å². The first kappa shape index (κ1) is 16.6.